The Morgan fingerprint density at radius 3 is 2.16 bits per heavy atom. The summed E-state index contributed by atoms with van der Waals surface area (Å²) in [7, 11) is 0. The van der Waals surface area contributed by atoms with Gasteiger partial charge in [0.05, 0.1) is 13.1 Å². The number of ketones is 1. The molecule has 2 bridgehead atoms. The summed E-state index contributed by atoms with van der Waals surface area (Å²) in [6.45, 7) is 8.22. The van der Waals surface area contributed by atoms with E-state index in [0.29, 0.717) is 24.0 Å². The zero-order valence-electron chi connectivity index (χ0n) is 21.8. The largest absolute Gasteiger partial charge is 1.00 e. The molecule has 1 N–H and O–H groups in total. The van der Waals surface area contributed by atoms with Gasteiger partial charge in [0.15, 0.2) is 6.10 Å². The number of hydrogen-bond acceptors (Lipinski definition) is 5. The van der Waals surface area contributed by atoms with Crippen LogP contribution in [0.2, 0.25) is 0 Å². The molecule has 3 saturated heterocycles. The molecule has 3 fully saturated rings. The van der Waals surface area contributed by atoms with Gasteiger partial charge >= 0.3 is 12.1 Å². The second-order valence-electron chi connectivity index (χ2n) is 11.1. The number of carbonyl (C=O) groups is 3. The van der Waals surface area contributed by atoms with Crippen molar-refractivity contribution in [1.82, 2.24) is 5.32 Å². The minimum atomic E-state index is -0.864. The Labute approximate surface area is 229 Å². The van der Waals surface area contributed by atoms with E-state index in [9.17, 15) is 14.4 Å². The molecule has 0 saturated carbocycles. The van der Waals surface area contributed by atoms with Crippen LogP contribution in [0.1, 0.15) is 49.5 Å². The van der Waals surface area contributed by atoms with Gasteiger partial charge in [-0.1, -0.05) is 60.7 Å². The minimum absolute atomic E-state index is 0. The molecule has 2 atom stereocenters. The van der Waals surface area contributed by atoms with Crippen LogP contribution in [-0.2, 0) is 20.7 Å². The Morgan fingerprint density at radius 2 is 1.57 bits per heavy atom. The number of ether oxygens (including phenoxy) is 2. The molecule has 2 aromatic rings. The van der Waals surface area contributed by atoms with E-state index in [1.165, 1.54) is 0 Å². The maximum Gasteiger partial charge on any atom is 0.408 e. The van der Waals surface area contributed by atoms with Crippen LogP contribution in [0.3, 0.4) is 0 Å². The van der Waals surface area contributed by atoms with E-state index in [4.69, 9.17) is 9.47 Å². The normalized spacial score (nSPS) is 23.3. The van der Waals surface area contributed by atoms with Crippen LogP contribution in [0.15, 0.2) is 60.7 Å². The number of hydrogen-bond donors (Lipinski definition) is 1. The maximum atomic E-state index is 13.4. The van der Waals surface area contributed by atoms with Crippen LogP contribution in [-0.4, -0.2) is 66.3 Å². The molecular formula is C29H37BrN2O5. The van der Waals surface area contributed by atoms with Crippen LogP contribution in [0, 0.1) is 5.92 Å². The second kappa shape index (κ2) is 12.2. The lowest BCUT2D eigenvalue weighted by atomic mass is 9.82. The number of halogens is 1. The Bertz CT molecular complexity index is 1060. The number of nitrogens with zero attached hydrogens (tertiary/aromatic N) is 1. The molecule has 7 nitrogen and oxygen atoms in total. The standard InChI is InChI=1S/C29H36N2O5.BrH/c1-29(2,3)36-28(34)30-24(18-21-10-6-4-7-11-21)27(33)35-26-20-31(16-14-23(26)15-17-31)19-25(32)22-12-8-5-9-13-22;/h4-13,23-24,26H,14-20H2,1-3H3;1H. The van der Waals surface area contributed by atoms with Gasteiger partial charge in [-0.05, 0) is 26.3 Å². The maximum absolute atomic E-state index is 13.4. The first-order chi connectivity index (χ1) is 17.1. The Balaban J connectivity index is 0.00000380. The van der Waals surface area contributed by atoms with Gasteiger partial charge in [-0.25, -0.2) is 9.59 Å². The molecule has 0 radical (unpaired) electrons. The van der Waals surface area contributed by atoms with Crippen LogP contribution < -0.4 is 22.3 Å². The van der Waals surface area contributed by atoms with Gasteiger partial charge in [0.2, 0.25) is 5.78 Å². The van der Waals surface area contributed by atoms with Gasteiger partial charge in [-0.3, -0.25) is 4.79 Å². The number of piperidine rings is 3. The second-order valence-corrected chi connectivity index (χ2v) is 11.1. The Morgan fingerprint density at radius 1 is 0.973 bits per heavy atom. The van der Waals surface area contributed by atoms with Crippen LogP contribution in [0.4, 0.5) is 4.79 Å². The molecule has 0 aliphatic carbocycles. The van der Waals surface area contributed by atoms with Crippen LogP contribution >= 0.6 is 0 Å². The number of alkyl carbamates (subject to hydrolysis) is 1. The van der Waals surface area contributed by atoms with E-state index < -0.39 is 23.7 Å². The summed E-state index contributed by atoms with van der Waals surface area (Å²) in [5.74, 6) is -0.0646. The minimum Gasteiger partial charge on any atom is -1.00 e. The zero-order chi connectivity index (χ0) is 25.8. The zero-order valence-corrected chi connectivity index (χ0v) is 23.4. The van der Waals surface area contributed by atoms with Gasteiger partial charge in [0.25, 0.3) is 0 Å². The van der Waals surface area contributed by atoms with Gasteiger partial charge in [0, 0.05) is 30.7 Å². The van der Waals surface area contributed by atoms with Crippen LogP contribution in [0.25, 0.3) is 0 Å². The number of benzene rings is 2. The average molecular weight is 574 g/mol. The van der Waals surface area contributed by atoms with Crippen molar-refractivity contribution in [3.05, 3.63) is 71.8 Å². The summed E-state index contributed by atoms with van der Waals surface area (Å²) in [6, 6.07) is 18.0. The molecule has 2 aromatic carbocycles. The summed E-state index contributed by atoms with van der Waals surface area (Å²) >= 11 is 0. The van der Waals surface area contributed by atoms with Crippen molar-refractivity contribution < 1.29 is 45.3 Å². The van der Waals surface area contributed by atoms with E-state index in [1.807, 2.05) is 60.7 Å². The lowest BCUT2D eigenvalue weighted by molar-refractivity contribution is -0.938. The quantitative estimate of drug-likeness (QED) is 0.292. The fraction of sp³-hybridized carbons (Fsp3) is 0.483. The summed E-state index contributed by atoms with van der Waals surface area (Å²) in [5, 5.41) is 2.72. The number of amides is 1. The number of nitrogens with one attached hydrogen (secondary N) is 1. The van der Waals surface area contributed by atoms with Crippen molar-refractivity contribution >= 4 is 17.8 Å². The molecule has 3 aliphatic heterocycles. The number of rotatable bonds is 8. The number of fused-ring (bicyclic) bond motifs is 3. The van der Waals surface area contributed by atoms with Crippen molar-refractivity contribution in [1.29, 1.82) is 0 Å². The van der Waals surface area contributed by atoms with E-state index in [1.54, 1.807) is 20.8 Å². The predicted molar refractivity (Wildman–Crippen MR) is 136 cm³/mol. The van der Waals surface area contributed by atoms with E-state index in [2.05, 4.69) is 5.32 Å². The summed E-state index contributed by atoms with van der Waals surface area (Å²) in [5.41, 5.74) is 0.959. The van der Waals surface area contributed by atoms with Gasteiger partial charge < -0.3 is 36.3 Å². The number of esters is 1. The van der Waals surface area contributed by atoms with Gasteiger partial charge in [-0.2, -0.15) is 0 Å². The first kappa shape index (κ1) is 28.9. The van der Waals surface area contributed by atoms with Crippen molar-refractivity contribution in [2.75, 3.05) is 26.2 Å². The van der Waals surface area contributed by atoms with E-state index in [0.717, 1.165) is 37.1 Å². The van der Waals surface area contributed by atoms with E-state index in [-0.39, 0.29) is 34.8 Å². The smallest absolute Gasteiger partial charge is 0.408 e. The monoisotopic (exact) mass is 572 g/mol. The van der Waals surface area contributed by atoms with Gasteiger partial charge in [0.1, 0.15) is 24.7 Å². The third-order valence-electron chi connectivity index (χ3n) is 7.14. The third kappa shape index (κ3) is 7.89. The Kier molecular flexibility index (Phi) is 9.53. The van der Waals surface area contributed by atoms with Crippen molar-refractivity contribution in [2.45, 2.75) is 57.8 Å². The van der Waals surface area contributed by atoms with Crippen molar-refractivity contribution in [3.8, 4) is 0 Å². The van der Waals surface area contributed by atoms with Crippen LogP contribution in [0.5, 0.6) is 0 Å². The molecule has 200 valence electrons. The highest BCUT2D eigenvalue weighted by molar-refractivity contribution is 5.97. The lowest BCUT2D eigenvalue weighted by Crippen LogP contribution is -3.00. The number of Topliss-reactive ketones (excluding diaryl/α,β-unsaturated/α-hetero) is 1. The number of carbonyl (C=O) groups excluding carboxylic acids is 3. The van der Waals surface area contributed by atoms with Crippen molar-refractivity contribution in [3.63, 3.8) is 0 Å². The molecule has 3 heterocycles. The summed E-state index contributed by atoms with van der Waals surface area (Å²) in [6.07, 6.45) is 1.22. The highest BCUT2D eigenvalue weighted by Crippen LogP contribution is 2.36. The first-order valence-electron chi connectivity index (χ1n) is 12.8. The molecule has 0 aromatic heterocycles. The molecule has 5 rings (SSSR count). The molecule has 3 aliphatic rings. The average Bonchev–Trinajstić information content (AvgIpc) is 2.84. The third-order valence-corrected chi connectivity index (χ3v) is 7.14. The molecule has 0 spiro atoms. The summed E-state index contributed by atoms with van der Waals surface area (Å²) in [4.78, 5) is 38.9. The SMILES string of the molecule is CC(C)(C)OC(=O)NC(Cc1ccccc1)C(=O)OC1C[N+]2(CC(=O)c3ccccc3)CCC1CC2.[Br-]. The Hall–Kier alpha value is -2.71. The fourth-order valence-corrected chi connectivity index (χ4v) is 5.32. The number of quaternary nitrogens is 1. The first-order valence-corrected chi connectivity index (χ1v) is 12.8. The highest BCUT2D eigenvalue weighted by Gasteiger charge is 2.49. The van der Waals surface area contributed by atoms with Crippen molar-refractivity contribution in [2.24, 2.45) is 5.92 Å². The molecule has 8 heteroatoms. The summed E-state index contributed by atoms with van der Waals surface area (Å²) < 4.78 is 12.1. The molecule has 1 amide bonds. The molecular weight excluding hydrogens is 536 g/mol. The predicted octanol–water partition coefficient (Wildman–Crippen LogP) is 1.16. The molecule has 37 heavy (non-hydrogen) atoms. The van der Waals surface area contributed by atoms with E-state index >= 15 is 0 Å². The molecule has 2 unspecified atom stereocenters. The lowest BCUT2D eigenvalue weighted by Gasteiger charge is -2.51. The topological polar surface area (TPSA) is 81.7 Å². The van der Waals surface area contributed by atoms with Gasteiger partial charge in [-0.15, -0.1) is 0 Å². The highest BCUT2D eigenvalue weighted by atomic mass is 79.9. The fourth-order valence-electron chi connectivity index (χ4n) is 5.32.